The lowest BCUT2D eigenvalue weighted by Crippen LogP contribution is -2.09. The van der Waals surface area contributed by atoms with Gasteiger partial charge < -0.3 is 24.8 Å². The summed E-state index contributed by atoms with van der Waals surface area (Å²) in [5.41, 5.74) is -0.0850. The van der Waals surface area contributed by atoms with Gasteiger partial charge in [0, 0.05) is 0 Å². The molecule has 0 bridgehead atoms. The molecule has 0 fully saturated rings. The zero-order valence-electron chi connectivity index (χ0n) is 9.16. The molecule has 1 aliphatic heterocycles. The largest absolute Gasteiger partial charge is 0.504 e. The molecule has 0 radical (unpaired) electrons. The second-order valence-corrected chi connectivity index (χ2v) is 3.53. The second-order valence-electron chi connectivity index (χ2n) is 3.53. The number of hydrogen-bond acceptors (Lipinski definition) is 6. The minimum Gasteiger partial charge on any atom is -0.504 e. The lowest BCUT2D eigenvalue weighted by Gasteiger charge is -2.11. The maximum atomic E-state index is 11.7. The van der Waals surface area contributed by atoms with Crippen LogP contribution in [0.1, 0.15) is 10.4 Å². The van der Waals surface area contributed by atoms with Gasteiger partial charge in [-0.25, -0.2) is 4.79 Å². The number of phenols is 3. The third-order valence-corrected chi connectivity index (χ3v) is 2.21. The van der Waals surface area contributed by atoms with Crippen molar-refractivity contribution in [2.45, 2.75) is 0 Å². The Balaban J connectivity index is 2.19. The predicted molar refractivity (Wildman–Crippen MR) is 60.0 cm³/mol. The molecule has 0 saturated heterocycles. The van der Waals surface area contributed by atoms with E-state index in [2.05, 4.69) is 0 Å². The summed E-state index contributed by atoms with van der Waals surface area (Å²) in [4.78, 5) is 11.7. The first kappa shape index (κ1) is 11.8. The number of benzene rings is 1. The van der Waals surface area contributed by atoms with Crippen molar-refractivity contribution in [2.75, 3.05) is 6.61 Å². The molecule has 0 atom stereocenters. The van der Waals surface area contributed by atoms with E-state index in [-0.39, 0.29) is 12.2 Å². The van der Waals surface area contributed by atoms with Crippen LogP contribution in [0.4, 0.5) is 0 Å². The molecule has 0 spiro atoms. The van der Waals surface area contributed by atoms with Crippen molar-refractivity contribution in [3.63, 3.8) is 0 Å². The van der Waals surface area contributed by atoms with Crippen LogP contribution in [-0.2, 0) is 9.47 Å². The van der Waals surface area contributed by atoms with Crippen LogP contribution in [0.2, 0.25) is 0 Å². The van der Waals surface area contributed by atoms with Crippen LogP contribution < -0.4 is 0 Å². The van der Waals surface area contributed by atoms with Gasteiger partial charge in [-0.15, -0.1) is 0 Å². The molecule has 0 amide bonds. The van der Waals surface area contributed by atoms with E-state index >= 15 is 0 Å². The Hall–Kier alpha value is -2.63. The molecule has 3 N–H and O–H groups in total. The highest BCUT2D eigenvalue weighted by molar-refractivity contribution is 5.91. The predicted octanol–water partition coefficient (Wildman–Crippen LogP) is 1.39. The van der Waals surface area contributed by atoms with Gasteiger partial charge in [-0.3, -0.25) is 0 Å². The van der Waals surface area contributed by atoms with Crippen LogP contribution in [0, 0.1) is 0 Å². The molecular weight excluding hydrogens is 240 g/mol. The van der Waals surface area contributed by atoms with Crippen LogP contribution in [0.5, 0.6) is 17.2 Å². The fourth-order valence-electron chi connectivity index (χ4n) is 1.34. The van der Waals surface area contributed by atoms with Crippen molar-refractivity contribution in [2.24, 2.45) is 0 Å². The van der Waals surface area contributed by atoms with E-state index in [1.54, 1.807) is 12.2 Å². The van der Waals surface area contributed by atoms with Gasteiger partial charge in [-0.05, 0) is 24.3 Å². The summed E-state index contributed by atoms with van der Waals surface area (Å²) in [6, 6.07) is 1.99. The van der Waals surface area contributed by atoms with E-state index < -0.39 is 23.2 Å². The summed E-state index contributed by atoms with van der Waals surface area (Å²) < 4.78 is 9.89. The zero-order chi connectivity index (χ0) is 13.1. The molecule has 0 unspecified atom stereocenters. The van der Waals surface area contributed by atoms with Crippen LogP contribution in [0.3, 0.4) is 0 Å². The normalized spacial score (nSPS) is 13.7. The van der Waals surface area contributed by atoms with Crippen molar-refractivity contribution in [1.82, 2.24) is 0 Å². The summed E-state index contributed by atoms with van der Waals surface area (Å²) in [5, 5.41) is 27.7. The monoisotopic (exact) mass is 250 g/mol. The molecule has 2 rings (SSSR count). The number of esters is 1. The average Bonchev–Trinajstić information content (AvgIpc) is 2.36. The van der Waals surface area contributed by atoms with Crippen molar-refractivity contribution < 1.29 is 29.6 Å². The standard InChI is InChI=1S/C12H10O6/c13-9-4-7(5-10(14)11(9)15)12(16)18-8-2-1-3-17-6-8/h1-5,13-15H,6H2. The Labute approximate surface area is 102 Å². The molecule has 6 heteroatoms. The van der Waals surface area contributed by atoms with E-state index in [0.717, 1.165) is 12.1 Å². The molecule has 0 aromatic heterocycles. The van der Waals surface area contributed by atoms with Crippen LogP contribution in [0.25, 0.3) is 0 Å². The maximum Gasteiger partial charge on any atom is 0.343 e. The minimum atomic E-state index is -0.772. The third kappa shape index (κ3) is 2.37. The van der Waals surface area contributed by atoms with Gasteiger partial charge in [0.05, 0.1) is 11.8 Å². The Morgan fingerprint density at radius 1 is 1.22 bits per heavy atom. The molecule has 18 heavy (non-hydrogen) atoms. The summed E-state index contributed by atoms with van der Waals surface area (Å²) in [5.74, 6) is -2.36. The van der Waals surface area contributed by atoms with Gasteiger partial charge in [-0.2, -0.15) is 0 Å². The minimum absolute atomic E-state index is 0.0850. The highest BCUT2D eigenvalue weighted by Gasteiger charge is 2.16. The lowest BCUT2D eigenvalue weighted by molar-refractivity contribution is 0.0570. The quantitative estimate of drug-likeness (QED) is 0.542. The molecule has 6 nitrogen and oxygen atoms in total. The topological polar surface area (TPSA) is 96.2 Å². The average molecular weight is 250 g/mol. The molecule has 0 saturated carbocycles. The van der Waals surface area contributed by atoms with Gasteiger partial charge in [-0.1, -0.05) is 0 Å². The smallest absolute Gasteiger partial charge is 0.343 e. The molecule has 94 valence electrons. The van der Waals surface area contributed by atoms with Gasteiger partial charge in [0.15, 0.2) is 17.2 Å². The first-order valence-corrected chi connectivity index (χ1v) is 5.02. The van der Waals surface area contributed by atoms with E-state index in [1.807, 2.05) is 0 Å². The van der Waals surface area contributed by atoms with Crippen molar-refractivity contribution in [3.8, 4) is 17.2 Å². The second kappa shape index (κ2) is 4.70. The number of allylic oxidation sites excluding steroid dienone is 2. The van der Waals surface area contributed by atoms with Gasteiger partial charge in [0.2, 0.25) is 0 Å². The Bertz CT molecular complexity index is 520. The van der Waals surface area contributed by atoms with Crippen molar-refractivity contribution in [3.05, 3.63) is 41.9 Å². The Morgan fingerprint density at radius 3 is 2.44 bits per heavy atom. The summed E-state index contributed by atoms with van der Waals surface area (Å²) in [6.45, 7) is 0.123. The summed E-state index contributed by atoms with van der Waals surface area (Å²) >= 11 is 0. The molecule has 1 aliphatic rings. The van der Waals surface area contributed by atoms with E-state index in [1.165, 1.54) is 6.26 Å². The highest BCUT2D eigenvalue weighted by atomic mass is 16.6. The van der Waals surface area contributed by atoms with Crippen molar-refractivity contribution in [1.29, 1.82) is 0 Å². The summed E-state index contributed by atoms with van der Waals surface area (Å²) in [6.07, 6.45) is 4.58. The fraction of sp³-hybridized carbons (Fsp3) is 0.0833. The highest BCUT2D eigenvalue weighted by Crippen LogP contribution is 2.35. The molecule has 1 aromatic carbocycles. The number of carbonyl (C=O) groups is 1. The number of aromatic hydroxyl groups is 3. The molecule has 1 aromatic rings. The van der Waals surface area contributed by atoms with Gasteiger partial charge >= 0.3 is 5.97 Å². The van der Waals surface area contributed by atoms with Crippen LogP contribution >= 0.6 is 0 Å². The first-order valence-electron chi connectivity index (χ1n) is 5.02. The van der Waals surface area contributed by atoms with Crippen molar-refractivity contribution >= 4 is 5.97 Å². The molecular formula is C12H10O6. The van der Waals surface area contributed by atoms with E-state index in [4.69, 9.17) is 14.6 Å². The molecule has 1 heterocycles. The van der Waals surface area contributed by atoms with E-state index in [9.17, 15) is 15.0 Å². The number of carbonyl (C=O) groups excluding carboxylic acids is 1. The lowest BCUT2D eigenvalue weighted by atomic mass is 10.2. The fourth-order valence-corrected chi connectivity index (χ4v) is 1.34. The zero-order valence-corrected chi connectivity index (χ0v) is 9.16. The number of hydrogen-bond donors (Lipinski definition) is 3. The third-order valence-electron chi connectivity index (χ3n) is 2.21. The Morgan fingerprint density at radius 2 is 1.89 bits per heavy atom. The van der Waals surface area contributed by atoms with Gasteiger partial charge in [0.1, 0.15) is 12.4 Å². The van der Waals surface area contributed by atoms with Crippen LogP contribution in [-0.4, -0.2) is 27.9 Å². The van der Waals surface area contributed by atoms with Crippen LogP contribution in [0.15, 0.2) is 36.3 Å². The number of rotatable bonds is 2. The first-order chi connectivity index (χ1) is 8.58. The SMILES string of the molecule is O=C(OC1=CC=COC1)c1cc(O)c(O)c(O)c1. The van der Waals surface area contributed by atoms with Gasteiger partial charge in [0.25, 0.3) is 0 Å². The van der Waals surface area contributed by atoms with E-state index in [0.29, 0.717) is 5.76 Å². The maximum absolute atomic E-state index is 11.7. The number of ether oxygens (including phenoxy) is 2. The number of phenolic OH excluding ortho intramolecular Hbond substituents is 3. The molecule has 0 aliphatic carbocycles. The Kier molecular flexibility index (Phi) is 3.09. The summed E-state index contributed by atoms with van der Waals surface area (Å²) in [7, 11) is 0.